The molecule has 0 radical (unpaired) electrons. The zero-order valence-electron chi connectivity index (χ0n) is 7.52. The van der Waals surface area contributed by atoms with Crippen LogP contribution >= 0.6 is 0 Å². The minimum Gasteiger partial charge on any atom is -0.0533 e. The lowest BCUT2D eigenvalue weighted by Crippen LogP contribution is -2.05. The van der Waals surface area contributed by atoms with Gasteiger partial charge in [-0.25, -0.2) is 0 Å². The maximum atomic E-state index is 1.56. The van der Waals surface area contributed by atoms with E-state index in [0.717, 1.165) is 11.8 Å². The summed E-state index contributed by atoms with van der Waals surface area (Å²) in [4.78, 5) is 0. The Balaban J connectivity index is 1.59. The van der Waals surface area contributed by atoms with Gasteiger partial charge in [0.15, 0.2) is 0 Å². The van der Waals surface area contributed by atoms with Crippen LogP contribution in [0.4, 0.5) is 0 Å². The molecule has 11 heavy (non-hydrogen) atoms. The first-order chi connectivity index (χ1) is 5.45. The third-order valence-electron chi connectivity index (χ3n) is 3.40. The van der Waals surface area contributed by atoms with Crippen LogP contribution in [0.3, 0.4) is 0 Å². The fourth-order valence-corrected chi connectivity index (χ4v) is 2.35. The molecule has 0 unspecified atom stereocenters. The molecule has 2 aliphatic rings. The monoisotopic (exact) mass is 152 g/mol. The van der Waals surface area contributed by atoms with Gasteiger partial charge in [-0.15, -0.1) is 0 Å². The van der Waals surface area contributed by atoms with Crippen LogP contribution in [0.25, 0.3) is 0 Å². The van der Waals surface area contributed by atoms with E-state index < -0.39 is 0 Å². The van der Waals surface area contributed by atoms with Gasteiger partial charge >= 0.3 is 0 Å². The van der Waals surface area contributed by atoms with Crippen LogP contribution in [0.5, 0.6) is 0 Å². The van der Waals surface area contributed by atoms with Gasteiger partial charge < -0.3 is 0 Å². The third kappa shape index (κ3) is 2.50. The Labute approximate surface area is 70.4 Å². The molecule has 0 atom stereocenters. The van der Waals surface area contributed by atoms with Crippen molar-refractivity contribution in [3.05, 3.63) is 0 Å². The molecule has 2 rings (SSSR count). The summed E-state index contributed by atoms with van der Waals surface area (Å²) in [5.41, 5.74) is 0. The standard InChI is InChI=1S/C11H20/c1-2-4-10(5-3-1)6-7-11-8-9-11/h10-11H,1-9H2. The largest absolute Gasteiger partial charge is 0.0533 e. The minimum atomic E-state index is 1.13. The lowest BCUT2D eigenvalue weighted by atomic mass is 9.85. The van der Waals surface area contributed by atoms with Gasteiger partial charge in [0.2, 0.25) is 0 Å². The fourth-order valence-electron chi connectivity index (χ4n) is 2.35. The molecule has 0 nitrogen and oxygen atoms in total. The molecular formula is C11H20. The van der Waals surface area contributed by atoms with Crippen molar-refractivity contribution in [3.8, 4) is 0 Å². The molecule has 0 aliphatic heterocycles. The van der Waals surface area contributed by atoms with Gasteiger partial charge in [0.05, 0.1) is 0 Å². The van der Waals surface area contributed by atoms with Crippen molar-refractivity contribution in [2.24, 2.45) is 11.8 Å². The molecule has 0 bridgehead atoms. The highest BCUT2D eigenvalue weighted by Gasteiger charge is 2.22. The van der Waals surface area contributed by atoms with E-state index in [0.29, 0.717) is 0 Å². The number of hydrogen-bond acceptors (Lipinski definition) is 0. The zero-order valence-corrected chi connectivity index (χ0v) is 7.52. The van der Waals surface area contributed by atoms with E-state index in [1.807, 2.05) is 0 Å². The lowest BCUT2D eigenvalue weighted by Gasteiger charge is -2.20. The first-order valence-electron chi connectivity index (χ1n) is 5.45. The molecule has 0 saturated heterocycles. The maximum absolute atomic E-state index is 1.56. The predicted molar refractivity (Wildman–Crippen MR) is 48.5 cm³/mol. The second-order valence-electron chi connectivity index (χ2n) is 4.52. The van der Waals surface area contributed by atoms with E-state index in [2.05, 4.69) is 0 Å². The quantitative estimate of drug-likeness (QED) is 0.577. The Kier molecular flexibility index (Phi) is 2.50. The van der Waals surface area contributed by atoms with Crippen molar-refractivity contribution in [2.75, 3.05) is 0 Å². The smallest absolute Gasteiger partial charge is 0.0414 e. The molecule has 0 aromatic carbocycles. The maximum Gasteiger partial charge on any atom is -0.0414 e. The van der Waals surface area contributed by atoms with E-state index in [9.17, 15) is 0 Å². The van der Waals surface area contributed by atoms with Crippen LogP contribution in [0.15, 0.2) is 0 Å². The lowest BCUT2D eigenvalue weighted by molar-refractivity contribution is 0.327. The van der Waals surface area contributed by atoms with Crippen molar-refractivity contribution < 1.29 is 0 Å². The molecule has 0 aromatic rings. The summed E-state index contributed by atoms with van der Waals surface area (Å²) in [5.74, 6) is 2.29. The summed E-state index contributed by atoms with van der Waals surface area (Å²) >= 11 is 0. The van der Waals surface area contributed by atoms with Crippen molar-refractivity contribution in [1.29, 1.82) is 0 Å². The fraction of sp³-hybridized carbons (Fsp3) is 1.00. The Morgan fingerprint density at radius 2 is 1.18 bits per heavy atom. The molecule has 2 saturated carbocycles. The molecule has 0 heteroatoms. The number of hydrogen-bond donors (Lipinski definition) is 0. The topological polar surface area (TPSA) is 0 Å². The molecule has 0 aromatic heterocycles. The van der Waals surface area contributed by atoms with Gasteiger partial charge in [0, 0.05) is 0 Å². The second kappa shape index (κ2) is 3.60. The second-order valence-corrected chi connectivity index (χ2v) is 4.52. The Morgan fingerprint density at radius 3 is 1.73 bits per heavy atom. The molecule has 0 heterocycles. The van der Waals surface area contributed by atoms with Crippen LogP contribution in [0, 0.1) is 11.8 Å². The van der Waals surface area contributed by atoms with Gasteiger partial charge in [-0.1, -0.05) is 57.8 Å². The average molecular weight is 152 g/mol. The molecule has 2 fully saturated rings. The van der Waals surface area contributed by atoms with Crippen LogP contribution < -0.4 is 0 Å². The van der Waals surface area contributed by atoms with Gasteiger partial charge in [0.25, 0.3) is 0 Å². The summed E-state index contributed by atoms with van der Waals surface area (Å²) < 4.78 is 0. The molecule has 0 amide bonds. The number of rotatable bonds is 3. The van der Waals surface area contributed by atoms with Gasteiger partial charge in [-0.05, 0) is 11.8 Å². The molecule has 64 valence electrons. The van der Waals surface area contributed by atoms with E-state index in [4.69, 9.17) is 0 Å². The highest BCUT2D eigenvalue weighted by molar-refractivity contribution is 4.75. The van der Waals surface area contributed by atoms with Crippen LogP contribution in [0.1, 0.15) is 57.8 Å². The van der Waals surface area contributed by atoms with Crippen molar-refractivity contribution in [1.82, 2.24) is 0 Å². The van der Waals surface area contributed by atoms with Crippen LogP contribution in [0.2, 0.25) is 0 Å². The molecule has 2 aliphatic carbocycles. The average Bonchev–Trinajstić information content (AvgIpc) is 2.86. The van der Waals surface area contributed by atoms with E-state index in [1.165, 1.54) is 19.3 Å². The summed E-state index contributed by atoms with van der Waals surface area (Å²) in [7, 11) is 0. The Hall–Kier alpha value is 0. The first kappa shape index (κ1) is 7.64. The first-order valence-corrected chi connectivity index (χ1v) is 5.45. The third-order valence-corrected chi connectivity index (χ3v) is 3.40. The summed E-state index contributed by atoms with van der Waals surface area (Å²) in [6.07, 6.45) is 13.9. The zero-order chi connectivity index (χ0) is 7.52. The SMILES string of the molecule is C1CCC(CCC2CC2)CC1. The van der Waals surface area contributed by atoms with Gasteiger partial charge in [-0.3, -0.25) is 0 Å². The Bertz CT molecular complexity index is 107. The van der Waals surface area contributed by atoms with E-state index >= 15 is 0 Å². The van der Waals surface area contributed by atoms with E-state index in [1.54, 1.807) is 38.5 Å². The summed E-state index contributed by atoms with van der Waals surface area (Å²) in [6.45, 7) is 0. The predicted octanol–water partition coefficient (Wildman–Crippen LogP) is 3.76. The van der Waals surface area contributed by atoms with Gasteiger partial charge in [0.1, 0.15) is 0 Å². The van der Waals surface area contributed by atoms with Crippen LogP contribution in [-0.4, -0.2) is 0 Å². The molecule has 0 N–H and O–H groups in total. The highest BCUT2D eigenvalue weighted by atomic mass is 14.3. The summed E-state index contributed by atoms with van der Waals surface area (Å²) in [5, 5.41) is 0. The minimum absolute atomic E-state index is 1.13. The van der Waals surface area contributed by atoms with Crippen molar-refractivity contribution in [2.45, 2.75) is 57.8 Å². The Morgan fingerprint density at radius 1 is 0.636 bits per heavy atom. The normalized spacial score (nSPS) is 27.3. The highest BCUT2D eigenvalue weighted by Crippen LogP contribution is 2.37. The molecular weight excluding hydrogens is 132 g/mol. The van der Waals surface area contributed by atoms with Crippen molar-refractivity contribution in [3.63, 3.8) is 0 Å². The summed E-state index contributed by atoms with van der Waals surface area (Å²) in [6, 6.07) is 0. The molecule has 0 spiro atoms. The van der Waals surface area contributed by atoms with Crippen molar-refractivity contribution >= 4 is 0 Å². The van der Waals surface area contributed by atoms with Gasteiger partial charge in [-0.2, -0.15) is 0 Å². The van der Waals surface area contributed by atoms with Crippen LogP contribution in [-0.2, 0) is 0 Å². The van der Waals surface area contributed by atoms with E-state index in [-0.39, 0.29) is 0 Å².